The third kappa shape index (κ3) is 4.14. The standard InChI is InChI=1S/C20H21FN4OS2/c1-2-17-19(28-23-22-17)20(26)25-10-8-24(9-11-25)13-16-6-7-18(27-16)14-4-3-5-15(21)12-14/h3-7,12H,2,8-11,13H2,1H3. The van der Waals surface area contributed by atoms with Gasteiger partial charge >= 0.3 is 0 Å². The second-order valence-corrected chi connectivity index (χ2v) is 8.67. The highest BCUT2D eigenvalue weighted by Gasteiger charge is 2.25. The second-order valence-electron chi connectivity index (χ2n) is 6.75. The molecule has 1 aliphatic rings. The molecule has 0 aliphatic carbocycles. The van der Waals surface area contributed by atoms with Crippen LogP contribution in [0.25, 0.3) is 10.4 Å². The maximum atomic E-state index is 13.4. The number of rotatable bonds is 5. The first-order valence-corrected chi connectivity index (χ1v) is 10.9. The Kier molecular flexibility index (Phi) is 5.79. The van der Waals surface area contributed by atoms with Crippen molar-refractivity contribution < 1.29 is 9.18 Å². The molecule has 4 rings (SSSR count). The molecule has 1 amide bonds. The van der Waals surface area contributed by atoms with Crippen LogP contribution in [0.5, 0.6) is 0 Å². The van der Waals surface area contributed by atoms with Crippen LogP contribution in [0, 0.1) is 5.82 Å². The first-order chi connectivity index (χ1) is 13.6. The fourth-order valence-corrected chi connectivity index (χ4v) is 5.10. The highest BCUT2D eigenvalue weighted by atomic mass is 32.1. The largest absolute Gasteiger partial charge is 0.335 e. The normalized spacial score (nSPS) is 15.1. The van der Waals surface area contributed by atoms with Gasteiger partial charge in [0.2, 0.25) is 0 Å². The average molecular weight is 417 g/mol. The lowest BCUT2D eigenvalue weighted by Crippen LogP contribution is -2.48. The molecular formula is C20H21FN4OS2. The molecule has 0 radical (unpaired) electrons. The van der Waals surface area contributed by atoms with Crippen LogP contribution in [0.2, 0.25) is 0 Å². The number of benzene rings is 1. The zero-order valence-electron chi connectivity index (χ0n) is 15.6. The molecule has 0 unspecified atom stereocenters. The molecule has 1 fully saturated rings. The number of hydrogen-bond acceptors (Lipinski definition) is 6. The van der Waals surface area contributed by atoms with Gasteiger partial charge in [-0.15, -0.1) is 16.4 Å². The Morgan fingerprint density at radius 3 is 2.75 bits per heavy atom. The van der Waals surface area contributed by atoms with Crippen LogP contribution < -0.4 is 0 Å². The Morgan fingerprint density at radius 2 is 2.00 bits per heavy atom. The van der Waals surface area contributed by atoms with Gasteiger partial charge in [0.25, 0.3) is 5.91 Å². The molecule has 28 heavy (non-hydrogen) atoms. The van der Waals surface area contributed by atoms with Gasteiger partial charge in [0.1, 0.15) is 10.7 Å². The van der Waals surface area contributed by atoms with Crippen molar-refractivity contribution in [2.45, 2.75) is 19.9 Å². The SMILES string of the molecule is CCc1nnsc1C(=O)N1CCN(Cc2ccc(-c3cccc(F)c3)s2)CC1. The molecule has 0 spiro atoms. The van der Waals surface area contributed by atoms with E-state index >= 15 is 0 Å². The zero-order chi connectivity index (χ0) is 19.5. The lowest BCUT2D eigenvalue weighted by Gasteiger charge is -2.34. The predicted octanol–water partition coefficient (Wildman–Crippen LogP) is 3.93. The maximum Gasteiger partial charge on any atom is 0.267 e. The van der Waals surface area contributed by atoms with Crippen LogP contribution >= 0.6 is 22.9 Å². The summed E-state index contributed by atoms with van der Waals surface area (Å²) in [6.07, 6.45) is 0.726. The van der Waals surface area contributed by atoms with E-state index in [-0.39, 0.29) is 11.7 Å². The van der Waals surface area contributed by atoms with Gasteiger partial charge < -0.3 is 4.90 Å². The average Bonchev–Trinajstić information content (AvgIpc) is 3.37. The van der Waals surface area contributed by atoms with Gasteiger partial charge in [-0.2, -0.15) is 0 Å². The van der Waals surface area contributed by atoms with Crippen LogP contribution in [0.3, 0.4) is 0 Å². The van der Waals surface area contributed by atoms with E-state index < -0.39 is 0 Å². The molecule has 3 heterocycles. The summed E-state index contributed by atoms with van der Waals surface area (Å²) in [5, 5.41) is 4.04. The van der Waals surface area contributed by atoms with Crippen LogP contribution in [0.4, 0.5) is 4.39 Å². The third-order valence-electron chi connectivity index (χ3n) is 4.89. The molecule has 5 nitrogen and oxygen atoms in total. The van der Waals surface area contributed by atoms with E-state index in [0.29, 0.717) is 18.0 Å². The Balaban J connectivity index is 1.34. The van der Waals surface area contributed by atoms with Crippen molar-refractivity contribution in [2.75, 3.05) is 26.2 Å². The number of amides is 1. The molecule has 1 aliphatic heterocycles. The third-order valence-corrected chi connectivity index (χ3v) is 6.77. The lowest BCUT2D eigenvalue weighted by molar-refractivity contribution is 0.0633. The van der Waals surface area contributed by atoms with E-state index in [1.807, 2.05) is 17.9 Å². The number of aromatic nitrogens is 2. The van der Waals surface area contributed by atoms with E-state index in [0.717, 1.165) is 42.2 Å². The van der Waals surface area contributed by atoms with Gasteiger partial charge in [0, 0.05) is 42.5 Å². The van der Waals surface area contributed by atoms with Crippen LogP contribution in [0.15, 0.2) is 36.4 Å². The van der Waals surface area contributed by atoms with Crippen LogP contribution in [0.1, 0.15) is 27.2 Å². The second kappa shape index (κ2) is 8.46. The van der Waals surface area contributed by atoms with Crippen molar-refractivity contribution >= 4 is 28.8 Å². The van der Waals surface area contributed by atoms with Gasteiger partial charge in [0.05, 0.1) is 5.69 Å². The predicted molar refractivity (Wildman–Crippen MR) is 110 cm³/mol. The van der Waals surface area contributed by atoms with Gasteiger partial charge in [0.15, 0.2) is 0 Å². The van der Waals surface area contributed by atoms with Crippen molar-refractivity contribution in [3.05, 3.63) is 57.7 Å². The minimum Gasteiger partial charge on any atom is -0.335 e. The smallest absolute Gasteiger partial charge is 0.267 e. The van der Waals surface area contributed by atoms with E-state index in [4.69, 9.17) is 0 Å². The summed E-state index contributed by atoms with van der Waals surface area (Å²) < 4.78 is 17.4. The zero-order valence-corrected chi connectivity index (χ0v) is 17.2. The monoisotopic (exact) mass is 416 g/mol. The highest BCUT2D eigenvalue weighted by Crippen LogP contribution is 2.29. The summed E-state index contributed by atoms with van der Waals surface area (Å²) in [5.74, 6) is -0.161. The lowest BCUT2D eigenvalue weighted by atomic mass is 10.2. The maximum absolute atomic E-state index is 13.4. The number of carbonyl (C=O) groups is 1. The minimum absolute atomic E-state index is 0.0519. The highest BCUT2D eigenvalue weighted by molar-refractivity contribution is 7.15. The number of carbonyl (C=O) groups excluding carboxylic acids is 1. The Morgan fingerprint density at radius 1 is 1.18 bits per heavy atom. The molecular weight excluding hydrogens is 395 g/mol. The fraction of sp³-hybridized carbons (Fsp3) is 0.350. The van der Waals surface area contributed by atoms with Crippen molar-refractivity contribution in [1.82, 2.24) is 19.4 Å². The van der Waals surface area contributed by atoms with Gasteiger partial charge in [-0.05, 0) is 47.8 Å². The minimum atomic E-state index is -0.212. The molecule has 1 saturated heterocycles. The Bertz CT molecular complexity index is 963. The summed E-state index contributed by atoms with van der Waals surface area (Å²) in [6, 6.07) is 10.9. The van der Waals surface area contributed by atoms with Crippen LogP contribution in [-0.2, 0) is 13.0 Å². The summed E-state index contributed by atoms with van der Waals surface area (Å²) >= 11 is 2.88. The number of piperazine rings is 1. The number of aryl methyl sites for hydroxylation is 1. The van der Waals surface area contributed by atoms with Crippen molar-refractivity contribution in [3.63, 3.8) is 0 Å². The molecule has 8 heteroatoms. The molecule has 146 valence electrons. The molecule has 0 saturated carbocycles. The molecule has 1 aromatic carbocycles. The van der Waals surface area contributed by atoms with Crippen molar-refractivity contribution in [1.29, 1.82) is 0 Å². The molecule has 0 bridgehead atoms. The van der Waals surface area contributed by atoms with Crippen molar-refractivity contribution in [3.8, 4) is 10.4 Å². The van der Waals surface area contributed by atoms with E-state index in [1.165, 1.54) is 22.5 Å². The molecule has 2 aromatic heterocycles. The first-order valence-electron chi connectivity index (χ1n) is 9.31. The summed E-state index contributed by atoms with van der Waals surface area (Å²) in [4.78, 5) is 20.0. The topological polar surface area (TPSA) is 49.3 Å². The quantitative estimate of drug-likeness (QED) is 0.632. The molecule has 3 aromatic rings. The summed E-state index contributed by atoms with van der Waals surface area (Å²) in [5.41, 5.74) is 1.71. The number of hydrogen-bond donors (Lipinski definition) is 0. The van der Waals surface area contributed by atoms with E-state index in [1.54, 1.807) is 23.5 Å². The van der Waals surface area contributed by atoms with Gasteiger partial charge in [-0.25, -0.2) is 4.39 Å². The number of halogens is 1. The van der Waals surface area contributed by atoms with Gasteiger partial charge in [-0.1, -0.05) is 23.5 Å². The number of thiophene rings is 1. The van der Waals surface area contributed by atoms with E-state index in [2.05, 4.69) is 26.6 Å². The molecule has 0 N–H and O–H groups in total. The fourth-order valence-electron chi connectivity index (χ4n) is 3.34. The van der Waals surface area contributed by atoms with E-state index in [9.17, 15) is 9.18 Å². The summed E-state index contributed by atoms with van der Waals surface area (Å²) in [7, 11) is 0. The Hall–Kier alpha value is -2.16. The Labute approximate surface area is 171 Å². The van der Waals surface area contributed by atoms with Gasteiger partial charge in [-0.3, -0.25) is 9.69 Å². The number of nitrogens with zero attached hydrogens (tertiary/aromatic N) is 4. The van der Waals surface area contributed by atoms with Crippen LogP contribution in [-0.4, -0.2) is 51.5 Å². The first kappa shape index (κ1) is 19.2. The van der Waals surface area contributed by atoms with Crippen molar-refractivity contribution in [2.24, 2.45) is 0 Å². The summed E-state index contributed by atoms with van der Waals surface area (Å²) in [6.45, 7) is 5.94. The molecule has 0 atom stereocenters.